The number of nitrogens with one attached hydrogen (secondary N) is 1. The Bertz CT molecular complexity index is 440. The first-order valence-corrected chi connectivity index (χ1v) is 5.63. The quantitative estimate of drug-likeness (QED) is 0.725. The molecule has 1 heterocycles. The summed E-state index contributed by atoms with van der Waals surface area (Å²) >= 11 is 0. The lowest BCUT2D eigenvalue weighted by Crippen LogP contribution is -2.27. The van der Waals surface area contributed by atoms with E-state index in [2.05, 4.69) is 31.3 Å². The van der Waals surface area contributed by atoms with Crippen LogP contribution in [-0.2, 0) is 4.79 Å². The van der Waals surface area contributed by atoms with Crippen LogP contribution in [0.4, 0.5) is 11.4 Å². The Morgan fingerprint density at radius 3 is 2.75 bits per heavy atom. The van der Waals surface area contributed by atoms with Gasteiger partial charge in [0.2, 0.25) is 5.91 Å². The normalized spacial score (nSPS) is 20.1. The van der Waals surface area contributed by atoms with Crippen LogP contribution in [0.5, 0.6) is 0 Å². The van der Waals surface area contributed by atoms with Crippen LogP contribution in [0.3, 0.4) is 0 Å². The molecule has 86 valence electrons. The molecule has 1 amide bonds. The van der Waals surface area contributed by atoms with Crippen LogP contribution in [-0.4, -0.2) is 19.0 Å². The van der Waals surface area contributed by atoms with Gasteiger partial charge in [-0.3, -0.25) is 4.79 Å². The maximum absolute atomic E-state index is 11.9. The number of rotatable bonds is 0. The first kappa shape index (κ1) is 11.0. The van der Waals surface area contributed by atoms with Gasteiger partial charge in [0.1, 0.15) is 0 Å². The Morgan fingerprint density at radius 1 is 1.38 bits per heavy atom. The Morgan fingerprint density at radius 2 is 2.06 bits per heavy atom. The predicted molar refractivity (Wildman–Crippen MR) is 67.0 cm³/mol. The standard InChI is InChI=1S/C13H18N2O/c1-8-5-9(2)13-11(6-8)15(4)12(16)7-10(3)14-13/h5-6,10,14H,7H2,1-4H3. The summed E-state index contributed by atoms with van der Waals surface area (Å²) in [5.74, 6) is 0.170. The van der Waals surface area contributed by atoms with Crippen molar-refractivity contribution in [3.05, 3.63) is 23.3 Å². The molecule has 1 aliphatic rings. The van der Waals surface area contributed by atoms with E-state index >= 15 is 0 Å². The molecule has 0 aliphatic carbocycles. The smallest absolute Gasteiger partial charge is 0.228 e. The Kier molecular flexibility index (Phi) is 2.62. The number of hydrogen-bond acceptors (Lipinski definition) is 2. The summed E-state index contributed by atoms with van der Waals surface area (Å²) in [7, 11) is 1.85. The third-order valence-corrected chi connectivity index (χ3v) is 3.07. The minimum atomic E-state index is 0.170. The molecule has 0 aromatic heterocycles. The van der Waals surface area contributed by atoms with Gasteiger partial charge in [-0.25, -0.2) is 0 Å². The molecular weight excluding hydrogens is 200 g/mol. The van der Waals surface area contributed by atoms with E-state index in [9.17, 15) is 4.79 Å². The zero-order valence-corrected chi connectivity index (χ0v) is 10.3. The van der Waals surface area contributed by atoms with Crippen LogP contribution in [0.1, 0.15) is 24.5 Å². The van der Waals surface area contributed by atoms with Crippen LogP contribution >= 0.6 is 0 Å². The van der Waals surface area contributed by atoms with Crippen LogP contribution in [0.15, 0.2) is 12.1 Å². The van der Waals surface area contributed by atoms with E-state index < -0.39 is 0 Å². The number of fused-ring (bicyclic) bond motifs is 1. The van der Waals surface area contributed by atoms with Crippen molar-refractivity contribution in [2.45, 2.75) is 33.2 Å². The van der Waals surface area contributed by atoms with Gasteiger partial charge in [-0.1, -0.05) is 6.07 Å². The fourth-order valence-corrected chi connectivity index (χ4v) is 2.23. The molecule has 0 saturated carbocycles. The van der Waals surface area contributed by atoms with Gasteiger partial charge < -0.3 is 10.2 Å². The van der Waals surface area contributed by atoms with Gasteiger partial charge in [0.05, 0.1) is 11.4 Å². The van der Waals surface area contributed by atoms with E-state index in [1.165, 1.54) is 11.1 Å². The average Bonchev–Trinajstić information content (AvgIpc) is 2.29. The number of carbonyl (C=O) groups excluding carboxylic acids is 1. The molecule has 0 saturated heterocycles. The highest BCUT2D eigenvalue weighted by molar-refractivity contribution is 5.98. The van der Waals surface area contributed by atoms with E-state index in [0.717, 1.165) is 11.4 Å². The van der Waals surface area contributed by atoms with Crippen molar-refractivity contribution >= 4 is 17.3 Å². The lowest BCUT2D eigenvalue weighted by Gasteiger charge is -2.19. The summed E-state index contributed by atoms with van der Waals surface area (Å²) in [6, 6.07) is 4.39. The highest BCUT2D eigenvalue weighted by atomic mass is 16.2. The molecule has 1 unspecified atom stereocenters. The molecule has 0 bridgehead atoms. The highest BCUT2D eigenvalue weighted by Crippen LogP contribution is 2.33. The van der Waals surface area contributed by atoms with Crippen LogP contribution in [0, 0.1) is 13.8 Å². The van der Waals surface area contributed by atoms with Gasteiger partial charge in [0.15, 0.2) is 0 Å². The largest absolute Gasteiger partial charge is 0.380 e. The summed E-state index contributed by atoms with van der Waals surface area (Å²) < 4.78 is 0. The summed E-state index contributed by atoms with van der Waals surface area (Å²) in [4.78, 5) is 13.7. The number of aryl methyl sites for hydroxylation is 2. The van der Waals surface area contributed by atoms with E-state index in [4.69, 9.17) is 0 Å². The maximum atomic E-state index is 11.9. The van der Waals surface area contributed by atoms with Gasteiger partial charge in [-0.05, 0) is 38.0 Å². The molecule has 0 fully saturated rings. The lowest BCUT2D eigenvalue weighted by atomic mass is 10.1. The topological polar surface area (TPSA) is 32.3 Å². The van der Waals surface area contributed by atoms with Crippen molar-refractivity contribution in [2.75, 3.05) is 17.3 Å². The minimum Gasteiger partial charge on any atom is -0.380 e. The second-order valence-electron chi connectivity index (χ2n) is 4.68. The number of anilines is 2. The molecule has 1 aliphatic heterocycles. The Balaban J connectivity index is 2.59. The Labute approximate surface area is 96.5 Å². The molecule has 2 rings (SSSR count). The minimum absolute atomic E-state index is 0.170. The van der Waals surface area contributed by atoms with Crippen LogP contribution in [0.25, 0.3) is 0 Å². The van der Waals surface area contributed by atoms with E-state index in [0.29, 0.717) is 6.42 Å². The molecular formula is C13H18N2O. The summed E-state index contributed by atoms with van der Waals surface area (Å²) in [6.45, 7) is 6.18. The molecule has 1 aromatic carbocycles. The van der Waals surface area contributed by atoms with Crippen molar-refractivity contribution < 1.29 is 4.79 Å². The summed E-state index contributed by atoms with van der Waals surface area (Å²) in [6.07, 6.45) is 0.545. The summed E-state index contributed by atoms with van der Waals surface area (Å²) in [5, 5.41) is 3.42. The van der Waals surface area contributed by atoms with Gasteiger partial charge >= 0.3 is 0 Å². The number of benzene rings is 1. The number of amides is 1. The van der Waals surface area contributed by atoms with Gasteiger partial charge in [-0.15, -0.1) is 0 Å². The number of carbonyl (C=O) groups is 1. The van der Waals surface area contributed by atoms with Crippen molar-refractivity contribution in [1.29, 1.82) is 0 Å². The number of nitrogens with zero attached hydrogens (tertiary/aromatic N) is 1. The van der Waals surface area contributed by atoms with Crippen molar-refractivity contribution in [3.63, 3.8) is 0 Å². The van der Waals surface area contributed by atoms with Crippen molar-refractivity contribution in [3.8, 4) is 0 Å². The SMILES string of the molecule is Cc1cc(C)c2c(c1)N(C)C(=O)CC(C)N2. The van der Waals surface area contributed by atoms with Gasteiger partial charge in [0.25, 0.3) is 0 Å². The molecule has 1 N–H and O–H groups in total. The average molecular weight is 218 g/mol. The monoisotopic (exact) mass is 218 g/mol. The Hall–Kier alpha value is -1.51. The predicted octanol–water partition coefficient (Wildman–Crippen LogP) is 2.47. The van der Waals surface area contributed by atoms with Crippen molar-refractivity contribution in [1.82, 2.24) is 0 Å². The van der Waals surface area contributed by atoms with E-state index in [-0.39, 0.29) is 11.9 Å². The van der Waals surface area contributed by atoms with Crippen molar-refractivity contribution in [2.24, 2.45) is 0 Å². The molecule has 0 spiro atoms. The first-order valence-electron chi connectivity index (χ1n) is 5.63. The summed E-state index contributed by atoms with van der Waals surface area (Å²) in [5.41, 5.74) is 4.47. The highest BCUT2D eigenvalue weighted by Gasteiger charge is 2.23. The molecule has 1 atom stereocenters. The fraction of sp³-hybridized carbons (Fsp3) is 0.462. The zero-order valence-electron chi connectivity index (χ0n) is 10.3. The van der Waals surface area contributed by atoms with Gasteiger partial charge in [0, 0.05) is 19.5 Å². The van der Waals surface area contributed by atoms with Crippen LogP contribution in [0.2, 0.25) is 0 Å². The molecule has 3 nitrogen and oxygen atoms in total. The third kappa shape index (κ3) is 1.77. The molecule has 1 aromatic rings. The van der Waals surface area contributed by atoms with Gasteiger partial charge in [-0.2, -0.15) is 0 Å². The lowest BCUT2D eigenvalue weighted by molar-refractivity contribution is -0.118. The molecule has 16 heavy (non-hydrogen) atoms. The third-order valence-electron chi connectivity index (χ3n) is 3.07. The second kappa shape index (κ2) is 3.81. The van der Waals surface area contributed by atoms with Crippen LogP contribution < -0.4 is 10.2 Å². The number of hydrogen-bond donors (Lipinski definition) is 1. The second-order valence-corrected chi connectivity index (χ2v) is 4.68. The zero-order chi connectivity index (χ0) is 11.9. The van der Waals surface area contributed by atoms with E-state index in [1.807, 2.05) is 14.0 Å². The van der Waals surface area contributed by atoms with E-state index in [1.54, 1.807) is 4.90 Å². The molecule has 3 heteroatoms. The maximum Gasteiger partial charge on any atom is 0.228 e. The molecule has 0 radical (unpaired) electrons. The fourth-order valence-electron chi connectivity index (χ4n) is 2.23. The first-order chi connectivity index (χ1) is 7.49.